The number of carbonyl (C=O) groups is 4. The van der Waals surface area contributed by atoms with Crippen molar-refractivity contribution in [3.8, 4) is 0 Å². The second kappa shape index (κ2) is 10.9. The number of amides is 3. The molecule has 3 amide bonds. The number of rotatable bonds is 11. The predicted molar refractivity (Wildman–Crippen MR) is 95.3 cm³/mol. The number of H-pyrrole nitrogens is 1. The number of carbonyl (C=O) groups excluding carboxylic acids is 3. The van der Waals surface area contributed by atoms with Gasteiger partial charge < -0.3 is 31.8 Å². The van der Waals surface area contributed by atoms with Crippen molar-refractivity contribution in [2.24, 2.45) is 11.7 Å². The second-order valence-electron chi connectivity index (χ2n) is 6.41. The third-order valence-electron chi connectivity index (χ3n) is 3.57. The van der Waals surface area contributed by atoms with Gasteiger partial charge in [-0.2, -0.15) is 0 Å². The van der Waals surface area contributed by atoms with E-state index in [1.807, 2.05) is 13.8 Å². The molecule has 1 rings (SSSR count). The first kappa shape index (κ1) is 22.1. The first-order valence-corrected chi connectivity index (χ1v) is 8.49. The van der Waals surface area contributed by atoms with E-state index in [1.165, 1.54) is 12.5 Å². The van der Waals surface area contributed by atoms with Crippen molar-refractivity contribution < 1.29 is 24.3 Å². The monoisotopic (exact) mass is 382 g/mol. The normalized spacial score (nSPS) is 12.9. The Morgan fingerprint density at radius 1 is 1.19 bits per heavy atom. The van der Waals surface area contributed by atoms with Crippen LogP contribution in [0.3, 0.4) is 0 Å². The highest BCUT2D eigenvalue weighted by Gasteiger charge is 2.27. The maximum absolute atomic E-state index is 12.7. The minimum absolute atomic E-state index is 0.0653. The number of hydrogen-bond acceptors (Lipinski definition) is 6. The molecule has 0 saturated heterocycles. The third-order valence-corrected chi connectivity index (χ3v) is 3.57. The second-order valence-corrected chi connectivity index (χ2v) is 6.41. The molecule has 1 aromatic heterocycles. The highest BCUT2D eigenvalue weighted by Crippen LogP contribution is 2.07. The molecule has 2 unspecified atom stereocenters. The van der Waals surface area contributed by atoms with Crippen molar-refractivity contribution in [2.45, 2.75) is 38.8 Å². The number of aromatic nitrogens is 2. The van der Waals surface area contributed by atoms with Crippen LogP contribution in [0, 0.1) is 5.92 Å². The number of carboxylic acid groups (broad SMARTS) is 1. The molecule has 150 valence electrons. The largest absolute Gasteiger partial charge is 0.480 e. The molecule has 0 aliphatic rings. The molecule has 0 bridgehead atoms. The Balaban J connectivity index is 2.86. The van der Waals surface area contributed by atoms with Crippen LogP contribution in [-0.2, 0) is 25.6 Å². The zero-order chi connectivity index (χ0) is 20.4. The van der Waals surface area contributed by atoms with Gasteiger partial charge in [-0.3, -0.25) is 19.2 Å². The summed E-state index contributed by atoms with van der Waals surface area (Å²) in [6, 6.07) is -1.90. The average Bonchev–Trinajstić information content (AvgIpc) is 3.10. The fraction of sp³-hybridized carbons (Fsp3) is 0.562. The van der Waals surface area contributed by atoms with Gasteiger partial charge >= 0.3 is 5.97 Å². The van der Waals surface area contributed by atoms with Crippen molar-refractivity contribution in [1.29, 1.82) is 0 Å². The van der Waals surface area contributed by atoms with Gasteiger partial charge in [0.25, 0.3) is 0 Å². The summed E-state index contributed by atoms with van der Waals surface area (Å²) < 4.78 is 0. The molecule has 0 radical (unpaired) electrons. The number of imidazole rings is 1. The van der Waals surface area contributed by atoms with Gasteiger partial charge in [0.2, 0.25) is 17.7 Å². The SMILES string of the molecule is CC(C)CC(NC(=O)C(Cc1cnc[nH]1)NC(=O)CN)C(=O)NCC(=O)O. The third kappa shape index (κ3) is 8.31. The van der Waals surface area contributed by atoms with Gasteiger partial charge in [-0.1, -0.05) is 13.8 Å². The van der Waals surface area contributed by atoms with Crippen LogP contribution in [-0.4, -0.2) is 63.9 Å². The van der Waals surface area contributed by atoms with Crippen molar-refractivity contribution in [3.63, 3.8) is 0 Å². The fourth-order valence-electron chi connectivity index (χ4n) is 2.34. The molecular formula is C16H26N6O5. The molecule has 0 aliphatic carbocycles. The van der Waals surface area contributed by atoms with Gasteiger partial charge in [-0.05, 0) is 12.3 Å². The Hall–Kier alpha value is -2.95. The number of aliphatic carboxylic acids is 1. The van der Waals surface area contributed by atoms with E-state index < -0.39 is 42.3 Å². The lowest BCUT2D eigenvalue weighted by Gasteiger charge is -2.23. The van der Waals surface area contributed by atoms with Crippen LogP contribution in [0.15, 0.2) is 12.5 Å². The molecule has 7 N–H and O–H groups in total. The first-order valence-electron chi connectivity index (χ1n) is 8.49. The maximum atomic E-state index is 12.7. The number of nitrogens with zero attached hydrogens (tertiary/aromatic N) is 1. The number of hydrogen-bond donors (Lipinski definition) is 6. The molecule has 0 aliphatic heterocycles. The summed E-state index contributed by atoms with van der Waals surface area (Å²) in [5.74, 6) is -2.83. The maximum Gasteiger partial charge on any atom is 0.322 e. The summed E-state index contributed by atoms with van der Waals surface area (Å²) in [4.78, 5) is 53.9. The van der Waals surface area contributed by atoms with Crippen LogP contribution >= 0.6 is 0 Å². The average molecular weight is 382 g/mol. The van der Waals surface area contributed by atoms with Crippen LogP contribution in [0.25, 0.3) is 0 Å². The fourth-order valence-corrected chi connectivity index (χ4v) is 2.34. The van der Waals surface area contributed by atoms with Crippen molar-refractivity contribution in [3.05, 3.63) is 18.2 Å². The molecule has 1 aromatic rings. The topological polar surface area (TPSA) is 179 Å². The standard InChI is InChI=1S/C16H26N6O5/c1-9(2)3-11(15(26)19-7-14(24)25)22-16(27)12(21-13(23)5-17)4-10-6-18-8-20-10/h6,8-9,11-12H,3-5,7,17H2,1-2H3,(H,18,20)(H,19,26)(H,21,23)(H,22,27)(H,24,25). The summed E-state index contributed by atoms with van der Waals surface area (Å²) in [6.45, 7) is 2.88. The summed E-state index contributed by atoms with van der Waals surface area (Å²) in [5.41, 5.74) is 5.91. The molecule has 27 heavy (non-hydrogen) atoms. The number of nitrogens with one attached hydrogen (secondary N) is 4. The Morgan fingerprint density at radius 2 is 1.89 bits per heavy atom. The highest BCUT2D eigenvalue weighted by molar-refractivity contribution is 5.93. The number of aromatic amines is 1. The minimum Gasteiger partial charge on any atom is -0.480 e. The lowest BCUT2D eigenvalue weighted by Crippen LogP contribution is -2.55. The Kier molecular flexibility index (Phi) is 8.93. The van der Waals surface area contributed by atoms with Gasteiger partial charge in [0, 0.05) is 18.3 Å². The van der Waals surface area contributed by atoms with Gasteiger partial charge in [0.1, 0.15) is 18.6 Å². The van der Waals surface area contributed by atoms with Gasteiger partial charge in [-0.15, -0.1) is 0 Å². The molecule has 0 aromatic carbocycles. The molecule has 0 saturated carbocycles. The van der Waals surface area contributed by atoms with E-state index in [4.69, 9.17) is 10.8 Å². The number of carboxylic acids is 1. The van der Waals surface area contributed by atoms with E-state index >= 15 is 0 Å². The van der Waals surface area contributed by atoms with E-state index in [2.05, 4.69) is 25.9 Å². The van der Waals surface area contributed by atoms with Gasteiger partial charge in [0.15, 0.2) is 0 Å². The summed E-state index contributed by atoms with van der Waals surface area (Å²) in [7, 11) is 0. The Morgan fingerprint density at radius 3 is 2.41 bits per heavy atom. The lowest BCUT2D eigenvalue weighted by atomic mass is 10.0. The molecule has 11 nitrogen and oxygen atoms in total. The van der Waals surface area contributed by atoms with E-state index in [0.29, 0.717) is 12.1 Å². The summed E-state index contributed by atoms with van der Waals surface area (Å²) in [5, 5.41) is 16.0. The zero-order valence-corrected chi connectivity index (χ0v) is 15.3. The van der Waals surface area contributed by atoms with E-state index in [-0.39, 0.29) is 18.9 Å². The summed E-state index contributed by atoms with van der Waals surface area (Å²) >= 11 is 0. The molecular weight excluding hydrogens is 356 g/mol. The lowest BCUT2D eigenvalue weighted by molar-refractivity contribution is -0.138. The van der Waals surface area contributed by atoms with E-state index in [1.54, 1.807) is 0 Å². The van der Waals surface area contributed by atoms with Crippen molar-refractivity contribution >= 4 is 23.7 Å². The van der Waals surface area contributed by atoms with Crippen molar-refractivity contribution in [2.75, 3.05) is 13.1 Å². The molecule has 1 heterocycles. The van der Waals surface area contributed by atoms with E-state index in [9.17, 15) is 19.2 Å². The molecule has 0 spiro atoms. The van der Waals surface area contributed by atoms with E-state index in [0.717, 1.165) is 0 Å². The zero-order valence-electron chi connectivity index (χ0n) is 15.3. The molecule has 2 atom stereocenters. The van der Waals surface area contributed by atoms with Crippen LogP contribution in [0.1, 0.15) is 26.0 Å². The minimum atomic E-state index is -1.19. The Labute approximate surface area is 156 Å². The van der Waals surface area contributed by atoms with Crippen LogP contribution in [0.5, 0.6) is 0 Å². The Bertz CT molecular complexity index is 646. The van der Waals surface area contributed by atoms with Gasteiger partial charge in [-0.25, -0.2) is 4.98 Å². The van der Waals surface area contributed by atoms with Gasteiger partial charge in [0.05, 0.1) is 12.9 Å². The number of nitrogens with two attached hydrogens (primary N) is 1. The van der Waals surface area contributed by atoms with Crippen LogP contribution in [0.4, 0.5) is 0 Å². The van der Waals surface area contributed by atoms with Crippen molar-refractivity contribution in [1.82, 2.24) is 25.9 Å². The molecule has 0 fully saturated rings. The summed E-state index contributed by atoms with van der Waals surface area (Å²) in [6.07, 6.45) is 3.39. The highest BCUT2D eigenvalue weighted by atomic mass is 16.4. The molecule has 11 heteroatoms. The first-order chi connectivity index (χ1) is 12.7. The van der Waals surface area contributed by atoms with Crippen LogP contribution in [0.2, 0.25) is 0 Å². The van der Waals surface area contributed by atoms with Crippen LogP contribution < -0.4 is 21.7 Å². The predicted octanol–water partition coefficient (Wildman–Crippen LogP) is -1.87. The smallest absolute Gasteiger partial charge is 0.322 e. The quantitative estimate of drug-likeness (QED) is 0.259.